The van der Waals surface area contributed by atoms with Gasteiger partial charge in [-0.1, -0.05) is 18.2 Å². The summed E-state index contributed by atoms with van der Waals surface area (Å²) in [5.41, 5.74) is 4.73. The van der Waals surface area contributed by atoms with Crippen molar-refractivity contribution in [3.8, 4) is 10.4 Å². The molecular formula is C28H18F2N4O2S3. The van der Waals surface area contributed by atoms with Crippen LogP contribution in [-0.2, 0) is 16.6 Å². The molecule has 4 unspecified atom stereocenters. The van der Waals surface area contributed by atoms with E-state index in [0.717, 1.165) is 27.7 Å². The number of aliphatic imine (C=N–C) groups is 1. The molecule has 6 aromatic rings. The number of fused-ring (bicyclic) bond motifs is 7. The van der Waals surface area contributed by atoms with Crippen molar-refractivity contribution >= 4 is 98.9 Å². The number of halogens is 2. The van der Waals surface area contributed by atoms with Crippen molar-refractivity contribution in [3.05, 3.63) is 42.5 Å². The summed E-state index contributed by atoms with van der Waals surface area (Å²) in [7, 11) is 2.09. The molecule has 0 amide bonds. The highest BCUT2D eigenvalue weighted by atomic mass is 32.1. The Balaban J connectivity index is 1.25. The minimum absolute atomic E-state index is 0.0638. The molecule has 4 aromatic heterocycles. The van der Waals surface area contributed by atoms with Gasteiger partial charge in [-0.3, -0.25) is 9.59 Å². The Hall–Kier alpha value is -3.41. The lowest BCUT2D eigenvalue weighted by Gasteiger charge is -2.29. The van der Waals surface area contributed by atoms with Gasteiger partial charge in [-0.15, -0.1) is 22.7 Å². The van der Waals surface area contributed by atoms with E-state index >= 15 is 0 Å². The average Bonchev–Trinajstić information content (AvgIpc) is 3.72. The minimum atomic E-state index is -1.67. The number of nitrogens with zero attached hydrogens (tertiary/aromatic N) is 4. The summed E-state index contributed by atoms with van der Waals surface area (Å²) in [6.45, 7) is 0. The van der Waals surface area contributed by atoms with Crippen molar-refractivity contribution in [3.63, 3.8) is 0 Å². The number of carbonyl (C=O) groups excluding carboxylic acids is 2. The number of ketones is 2. The number of carbonyl (C=O) groups is 2. The summed E-state index contributed by atoms with van der Waals surface area (Å²) in [5.74, 6) is -3.62. The van der Waals surface area contributed by atoms with Crippen LogP contribution in [0.2, 0.25) is 0 Å². The molecule has 0 radical (unpaired) electrons. The molecule has 0 spiro atoms. The number of Topliss-reactive ketones (excluding diaryl/α,β-unsaturated/α-hetero) is 2. The molecule has 6 nitrogen and oxygen atoms in total. The minimum Gasteiger partial charge on any atom is -0.342 e. The molecule has 2 aromatic carbocycles. The summed E-state index contributed by atoms with van der Waals surface area (Å²) in [4.78, 5) is 30.8. The smallest absolute Gasteiger partial charge is 0.243 e. The van der Waals surface area contributed by atoms with Gasteiger partial charge >= 0.3 is 0 Å². The van der Waals surface area contributed by atoms with E-state index in [0.29, 0.717) is 16.7 Å². The van der Waals surface area contributed by atoms with E-state index in [9.17, 15) is 18.4 Å². The Morgan fingerprint density at radius 2 is 1.82 bits per heavy atom. The van der Waals surface area contributed by atoms with Gasteiger partial charge in [-0.25, -0.2) is 13.8 Å². The Morgan fingerprint density at radius 1 is 1.00 bits per heavy atom. The lowest BCUT2D eigenvalue weighted by molar-refractivity contribution is -0.136. The first-order chi connectivity index (χ1) is 18.9. The molecule has 2 aliphatic carbocycles. The van der Waals surface area contributed by atoms with Crippen LogP contribution in [0.5, 0.6) is 0 Å². The molecule has 0 aliphatic heterocycles. The number of alkyl halides is 2. The van der Waals surface area contributed by atoms with Crippen LogP contribution in [0.3, 0.4) is 0 Å². The highest BCUT2D eigenvalue weighted by molar-refractivity contribution is 7.32. The van der Waals surface area contributed by atoms with Crippen LogP contribution >= 0.6 is 34.4 Å². The molecule has 0 saturated heterocycles. The highest BCUT2D eigenvalue weighted by Crippen LogP contribution is 2.47. The average molecular weight is 577 g/mol. The number of aryl methyl sites for hydroxylation is 1. The van der Waals surface area contributed by atoms with E-state index in [1.54, 1.807) is 28.7 Å². The maximum Gasteiger partial charge on any atom is 0.243 e. The predicted octanol–water partition coefficient (Wildman–Crippen LogP) is 7.21. The Bertz CT molecular complexity index is 2050. The quantitative estimate of drug-likeness (QED) is 0.204. The van der Waals surface area contributed by atoms with E-state index in [4.69, 9.17) is 0 Å². The van der Waals surface area contributed by atoms with Crippen LogP contribution in [0.1, 0.15) is 12.8 Å². The van der Waals surface area contributed by atoms with Gasteiger partial charge in [-0.2, -0.15) is 8.75 Å². The maximum absolute atomic E-state index is 14.5. The van der Waals surface area contributed by atoms with Crippen molar-refractivity contribution in [2.45, 2.75) is 25.2 Å². The molecule has 0 bridgehead atoms. The summed E-state index contributed by atoms with van der Waals surface area (Å²) in [6.07, 6.45) is -3.52. The summed E-state index contributed by atoms with van der Waals surface area (Å²) in [6, 6.07) is 14.2. The van der Waals surface area contributed by atoms with Gasteiger partial charge < -0.3 is 4.57 Å². The van der Waals surface area contributed by atoms with Crippen molar-refractivity contribution in [1.82, 2.24) is 13.3 Å². The van der Waals surface area contributed by atoms with Crippen molar-refractivity contribution < 1.29 is 18.4 Å². The third-order valence-electron chi connectivity index (χ3n) is 8.01. The monoisotopic (exact) mass is 576 g/mol. The second kappa shape index (κ2) is 8.30. The van der Waals surface area contributed by atoms with Gasteiger partial charge in [0.1, 0.15) is 23.4 Å². The topological polar surface area (TPSA) is 77.2 Å². The predicted molar refractivity (Wildman–Crippen MR) is 153 cm³/mol. The second-order valence-electron chi connectivity index (χ2n) is 10.2. The largest absolute Gasteiger partial charge is 0.342 e. The number of aromatic nitrogens is 3. The van der Waals surface area contributed by atoms with E-state index < -0.39 is 35.7 Å². The van der Waals surface area contributed by atoms with Crippen LogP contribution < -0.4 is 0 Å². The SMILES string of the molecule is Cn1c2cc(-c3ccc(N=C4C(=O)C(=O)C5C(F)CC(F)CC45)c4nsnc34)sc2c2sc3ccccc3c21. The van der Waals surface area contributed by atoms with E-state index in [1.807, 2.05) is 6.07 Å². The van der Waals surface area contributed by atoms with Crippen LogP contribution in [0, 0.1) is 11.8 Å². The second-order valence-corrected chi connectivity index (χ2v) is 12.8. The first-order valence-electron chi connectivity index (χ1n) is 12.5. The zero-order chi connectivity index (χ0) is 26.6. The van der Waals surface area contributed by atoms with Gasteiger partial charge in [0.05, 0.1) is 49.5 Å². The fourth-order valence-electron chi connectivity index (χ4n) is 6.21. The van der Waals surface area contributed by atoms with E-state index in [1.165, 1.54) is 25.0 Å². The first kappa shape index (κ1) is 23.5. The van der Waals surface area contributed by atoms with Crippen LogP contribution in [0.15, 0.2) is 47.5 Å². The molecule has 2 fully saturated rings. The Labute approximate surface area is 231 Å². The lowest BCUT2D eigenvalue weighted by atomic mass is 9.78. The normalized spacial score (nSPS) is 24.7. The molecule has 0 N–H and O–H groups in total. The molecule has 4 heterocycles. The third-order valence-corrected chi connectivity index (χ3v) is 11.0. The molecular weight excluding hydrogens is 559 g/mol. The van der Waals surface area contributed by atoms with Crippen LogP contribution in [0.4, 0.5) is 14.5 Å². The molecule has 2 aliphatic rings. The number of benzene rings is 2. The van der Waals surface area contributed by atoms with Gasteiger partial charge in [0.25, 0.3) is 0 Å². The Kier molecular flexibility index (Phi) is 4.99. The first-order valence-corrected chi connectivity index (χ1v) is 14.9. The molecule has 11 heteroatoms. The molecule has 2 saturated carbocycles. The summed E-state index contributed by atoms with van der Waals surface area (Å²) < 4.78 is 43.7. The zero-order valence-electron chi connectivity index (χ0n) is 20.4. The van der Waals surface area contributed by atoms with Crippen LogP contribution in [-0.4, -0.2) is 42.9 Å². The number of thiophene rings is 2. The number of hydrogen-bond acceptors (Lipinski definition) is 8. The molecule has 8 rings (SSSR count). The maximum atomic E-state index is 14.5. The van der Waals surface area contributed by atoms with Gasteiger partial charge in [0.2, 0.25) is 11.6 Å². The highest BCUT2D eigenvalue weighted by Gasteiger charge is 2.54. The Morgan fingerprint density at radius 3 is 2.69 bits per heavy atom. The van der Waals surface area contributed by atoms with E-state index in [2.05, 4.69) is 55.7 Å². The number of rotatable bonds is 2. The van der Waals surface area contributed by atoms with Crippen molar-refractivity contribution in [2.75, 3.05) is 0 Å². The van der Waals surface area contributed by atoms with E-state index in [-0.39, 0.29) is 18.6 Å². The zero-order valence-corrected chi connectivity index (χ0v) is 22.8. The third kappa shape index (κ3) is 3.23. The van der Waals surface area contributed by atoms with Crippen LogP contribution in [0.25, 0.3) is 52.0 Å². The van der Waals surface area contributed by atoms with Gasteiger partial charge in [0.15, 0.2) is 0 Å². The molecule has 4 atom stereocenters. The van der Waals surface area contributed by atoms with Gasteiger partial charge in [-0.05, 0) is 30.7 Å². The fraction of sp³-hybridized carbons (Fsp3) is 0.250. The standard InChI is InChI=1S/C28H18F2N4O2S3/c1-34-17-10-19(38-27(17)28-24(34)13-4-2-3-5-18(13)37-28)12-6-7-16(23-21(12)32-39-33-23)31-22-14-8-11(29)9-15(30)20(14)25(35)26(22)36/h2-7,10-11,14-15,20H,8-9H2,1H3. The molecule has 39 heavy (non-hydrogen) atoms. The summed E-state index contributed by atoms with van der Waals surface area (Å²) >= 11 is 4.52. The van der Waals surface area contributed by atoms with Crippen molar-refractivity contribution in [2.24, 2.45) is 23.9 Å². The summed E-state index contributed by atoms with van der Waals surface area (Å²) in [5, 5.41) is 1.25. The fourth-order valence-corrected chi connectivity index (χ4v) is 9.36. The number of hydrogen-bond donors (Lipinski definition) is 0. The van der Waals surface area contributed by atoms with Gasteiger partial charge in [0, 0.05) is 39.9 Å². The van der Waals surface area contributed by atoms with Crippen molar-refractivity contribution in [1.29, 1.82) is 0 Å². The lowest BCUT2D eigenvalue weighted by Crippen LogP contribution is -2.36. The molecule has 194 valence electrons.